The number of piperidine rings is 1. The largest absolute Gasteiger partial charge is 0.468 e. The first-order valence-electron chi connectivity index (χ1n) is 13.8. The van der Waals surface area contributed by atoms with Crippen molar-refractivity contribution in [2.24, 2.45) is 5.92 Å². The summed E-state index contributed by atoms with van der Waals surface area (Å²) in [6.45, 7) is 9.64. The summed E-state index contributed by atoms with van der Waals surface area (Å²) in [5, 5.41) is 4.28. The lowest BCUT2D eigenvalue weighted by Gasteiger charge is -2.33. The van der Waals surface area contributed by atoms with Crippen molar-refractivity contribution in [1.29, 1.82) is 0 Å². The summed E-state index contributed by atoms with van der Waals surface area (Å²) >= 11 is 0. The highest BCUT2D eigenvalue weighted by atomic mass is 32.2. The zero-order valence-corrected chi connectivity index (χ0v) is 25.2. The molecule has 0 radical (unpaired) electrons. The second-order valence-corrected chi connectivity index (χ2v) is 13.2. The molecule has 0 bridgehead atoms. The van der Waals surface area contributed by atoms with Crippen LogP contribution in [0.1, 0.15) is 86.0 Å². The zero-order chi connectivity index (χ0) is 29.6. The van der Waals surface area contributed by atoms with Gasteiger partial charge in [0.15, 0.2) is 0 Å². The van der Waals surface area contributed by atoms with E-state index in [2.05, 4.69) is 20.1 Å². The molecule has 0 aromatic carbocycles. The number of carbonyl (C=O) groups is 4. The molecule has 1 rings (SSSR count). The summed E-state index contributed by atoms with van der Waals surface area (Å²) in [6, 6.07) is -1.27. The first kappa shape index (κ1) is 34.6. The van der Waals surface area contributed by atoms with E-state index >= 15 is 0 Å². The maximum absolute atomic E-state index is 12.3. The number of rotatable bonds is 15. The monoisotopic (exact) mass is 576 g/mol. The van der Waals surface area contributed by atoms with Gasteiger partial charge in [0.25, 0.3) is 0 Å². The van der Waals surface area contributed by atoms with Crippen LogP contribution in [0.4, 0.5) is 4.79 Å². The van der Waals surface area contributed by atoms with Crippen LogP contribution in [0.2, 0.25) is 0 Å². The normalized spacial score (nSPS) is 16.2. The van der Waals surface area contributed by atoms with Crippen LogP contribution in [-0.4, -0.2) is 87.4 Å². The van der Waals surface area contributed by atoms with Gasteiger partial charge in [-0.05, 0) is 59.3 Å². The van der Waals surface area contributed by atoms with E-state index in [0.29, 0.717) is 38.3 Å². The van der Waals surface area contributed by atoms with E-state index in [1.807, 2.05) is 20.8 Å². The van der Waals surface area contributed by atoms with Crippen molar-refractivity contribution in [1.82, 2.24) is 20.3 Å². The summed E-state index contributed by atoms with van der Waals surface area (Å²) in [6.07, 6.45) is 5.93. The molecule has 1 aliphatic heterocycles. The lowest BCUT2D eigenvalue weighted by molar-refractivity contribution is -0.142. The maximum Gasteiger partial charge on any atom is 0.410 e. The third-order valence-electron chi connectivity index (χ3n) is 6.63. The lowest BCUT2D eigenvalue weighted by atomic mass is 9.91. The van der Waals surface area contributed by atoms with E-state index in [0.717, 1.165) is 39.2 Å². The first-order valence-corrected chi connectivity index (χ1v) is 15.3. The number of methoxy groups -OCH3 is 1. The van der Waals surface area contributed by atoms with Crippen molar-refractivity contribution < 1.29 is 37.1 Å². The van der Waals surface area contributed by atoms with E-state index in [1.54, 1.807) is 11.8 Å². The van der Waals surface area contributed by atoms with Gasteiger partial charge >= 0.3 is 12.1 Å². The molecular formula is C26H48N4O8S. The fourth-order valence-electron chi connectivity index (χ4n) is 4.02. The Bertz CT molecular complexity index is 911. The number of nitrogens with zero attached hydrogens (tertiary/aromatic N) is 1. The standard InChI is InChI=1S/C26H48N4O8S/c1-7-19(2)39(35,36)29-21(24(33)37-6)17-27-23(32)18-28-22(31)12-10-8-9-11-20-13-15-30(16-14-20)25(34)38-26(3,4)5/h19-21,29H,7-18H2,1-6H3,(H,27,32)(H,28,31)/t19?,21-/m0/s1. The fraction of sp³-hybridized carbons (Fsp3) is 0.846. The average Bonchev–Trinajstić information content (AvgIpc) is 2.87. The Labute approximate surface area is 233 Å². The number of nitrogens with one attached hydrogen (secondary N) is 3. The molecule has 3 N–H and O–H groups in total. The van der Waals surface area contributed by atoms with Crippen molar-refractivity contribution in [2.75, 3.05) is 33.3 Å². The van der Waals surface area contributed by atoms with Crippen molar-refractivity contribution >= 4 is 33.9 Å². The minimum atomic E-state index is -3.77. The molecule has 0 spiro atoms. The number of unbranched alkanes of at least 4 members (excludes halogenated alkanes) is 2. The second-order valence-electron chi connectivity index (χ2n) is 11.0. The fourth-order valence-corrected chi connectivity index (χ4v) is 5.27. The first-order chi connectivity index (χ1) is 18.2. The number of amides is 3. The summed E-state index contributed by atoms with van der Waals surface area (Å²) in [5.41, 5.74) is -0.493. The van der Waals surface area contributed by atoms with Crippen LogP contribution in [-0.2, 0) is 33.9 Å². The zero-order valence-electron chi connectivity index (χ0n) is 24.3. The number of hydrogen-bond donors (Lipinski definition) is 3. The molecule has 1 aliphatic rings. The minimum absolute atomic E-state index is 0.252. The topological polar surface area (TPSA) is 160 Å². The van der Waals surface area contributed by atoms with E-state index < -0.39 is 38.8 Å². The Morgan fingerprint density at radius 1 is 1.00 bits per heavy atom. The van der Waals surface area contributed by atoms with Crippen LogP contribution in [0.25, 0.3) is 0 Å². The van der Waals surface area contributed by atoms with Crippen LogP contribution in [0.5, 0.6) is 0 Å². The van der Waals surface area contributed by atoms with Crippen molar-refractivity contribution in [3.63, 3.8) is 0 Å². The molecule has 1 unspecified atom stereocenters. The van der Waals surface area contributed by atoms with Gasteiger partial charge in [-0.1, -0.05) is 26.2 Å². The molecule has 13 heteroatoms. The maximum atomic E-state index is 12.3. The van der Waals surface area contributed by atoms with Crippen molar-refractivity contribution in [3.05, 3.63) is 0 Å². The highest BCUT2D eigenvalue weighted by Crippen LogP contribution is 2.24. The number of likely N-dealkylation sites (tertiary alicyclic amines) is 1. The van der Waals surface area contributed by atoms with Gasteiger partial charge in [0.1, 0.15) is 11.6 Å². The predicted octanol–water partition coefficient (Wildman–Crippen LogP) is 2.08. The average molecular weight is 577 g/mol. The Hall–Kier alpha value is -2.41. The molecular weight excluding hydrogens is 528 g/mol. The molecule has 0 aliphatic carbocycles. The van der Waals surface area contributed by atoms with Gasteiger partial charge in [0.2, 0.25) is 21.8 Å². The third kappa shape index (κ3) is 14.0. The van der Waals surface area contributed by atoms with Gasteiger partial charge < -0.3 is 25.0 Å². The number of ether oxygens (including phenoxy) is 2. The Morgan fingerprint density at radius 3 is 2.21 bits per heavy atom. The highest BCUT2D eigenvalue weighted by Gasteiger charge is 2.29. The van der Waals surface area contributed by atoms with Crippen molar-refractivity contribution in [3.8, 4) is 0 Å². The van der Waals surface area contributed by atoms with Gasteiger partial charge in [-0.25, -0.2) is 13.2 Å². The van der Waals surface area contributed by atoms with Crippen LogP contribution in [0.3, 0.4) is 0 Å². The van der Waals surface area contributed by atoms with Crippen LogP contribution >= 0.6 is 0 Å². The number of hydrogen-bond acceptors (Lipinski definition) is 8. The lowest BCUT2D eigenvalue weighted by Crippen LogP contribution is -2.51. The number of carbonyl (C=O) groups excluding carboxylic acids is 4. The Kier molecular flexibility index (Phi) is 14.8. The predicted molar refractivity (Wildman–Crippen MR) is 147 cm³/mol. The molecule has 226 valence electrons. The molecule has 2 atom stereocenters. The van der Waals surface area contributed by atoms with Crippen LogP contribution in [0.15, 0.2) is 0 Å². The smallest absolute Gasteiger partial charge is 0.410 e. The van der Waals surface area contributed by atoms with Gasteiger partial charge in [0, 0.05) is 26.1 Å². The molecule has 0 aromatic heterocycles. The quantitative estimate of drug-likeness (QED) is 0.197. The van der Waals surface area contributed by atoms with Gasteiger partial charge in [0.05, 0.1) is 18.9 Å². The van der Waals surface area contributed by atoms with Gasteiger partial charge in [-0.15, -0.1) is 0 Å². The van der Waals surface area contributed by atoms with Gasteiger partial charge in [-0.2, -0.15) is 4.72 Å². The molecule has 3 amide bonds. The van der Waals surface area contributed by atoms with E-state index in [4.69, 9.17) is 4.74 Å². The van der Waals surface area contributed by atoms with E-state index in [1.165, 1.54) is 6.92 Å². The third-order valence-corrected chi connectivity index (χ3v) is 8.63. The van der Waals surface area contributed by atoms with Crippen LogP contribution < -0.4 is 15.4 Å². The van der Waals surface area contributed by atoms with Gasteiger partial charge in [-0.3, -0.25) is 14.4 Å². The number of sulfonamides is 1. The molecule has 1 fully saturated rings. The van der Waals surface area contributed by atoms with Crippen LogP contribution in [0, 0.1) is 5.92 Å². The molecule has 1 heterocycles. The van der Waals surface area contributed by atoms with E-state index in [9.17, 15) is 27.6 Å². The van der Waals surface area contributed by atoms with Crippen molar-refractivity contribution in [2.45, 2.75) is 103 Å². The molecule has 39 heavy (non-hydrogen) atoms. The summed E-state index contributed by atoms with van der Waals surface area (Å²) < 4.78 is 36.8. The molecule has 1 saturated heterocycles. The van der Waals surface area contributed by atoms with E-state index in [-0.39, 0.29) is 25.1 Å². The summed E-state index contributed by atoms with van der Waals surface area (Å²) in [7, 11) is -2.64. The highest BCUT2D eigenvalue weighted by molar-refractivity contribution is 7.90. The Balaban J connectivity index is 2.23. The molecule has 0 aromatic rings. The summed E-state index contributed by atoms with van der Waals surface area (Å²) in [5.74, 6) is -1.06. The molecule has 12 nitrogen and oxygen atoms in total. The summed E-state index contributed by atoms with van der Waals surface area (Å²) in [4.78, 5) is 50.1. The SMILES string of the molecule is CCC(C)S(=O)(=O)N[C@@H](CNC(=O)CNC(=O)CCCCCC1CCN(C(=O)OC(C)(C)C)CC1)C(=O)OC. The second kappa shape index (κ2) is 16.6. The Morgan fingerprint density at radius 2 is 1.64 bits per heavy atom. The number of esters is 1. The minimum Gasteiger partial charge on any atom is -0.468 e. The molecule has 0 saturated carbocycles.